The minimum Gasteiger partial charge on any atom is -0.294 e. The Morgan fingerprint density at radius 2 is 1.72 bits per heavy atom. The van der Waals surface area contributed by atoms with Gasteiger partial charge in [-0.15, -0.1) is 0 Å². The maximum Gasteiger partial charge on any atom is 0.160 e. The van der Waals surface area contributed by atoms with E-state index in [2.05, 4.69) is 0 Å². The standard InChI is InChI=1S/C17H16O/c1-13-7-6-10-16(11-13)17(14(2)18)12-15-8-4-3-5-9-15/h3-12H,1-2H3/b17-12-. The van der Waals surface area contributed by atoms with E-state index in [1.807, 2.05) is 67.6 Å². The molecule has 0 fully saturated rings. The number of allylic oxidation sites excluding steroid dienone is 1. The number of carbonyl (C=O) groups is 1. The molecule has 0 atom stereocenters. The first-order chi connectivity index (χ1) is 8.66. The Kier molecular flexibility index (Phi) is 3.73. The van der Waals surface area contributed by atoms with Gasteiger partial charge in [-0.2, -0.15) is 0 Å². The molecule has 0 unspecified atom stereocenters. The van der Waals surface area contributed by atoms with E-state index in [4.69, 9.17) is 0 Å². The molecule has 0 aliphatic carbocycles. The number of benzene rings is 2. The molecule has 0 N–H and O–H groups in total. The van der Waals surface area contributed by atoms with Gasteiger partial charge in [0.15, 0.2) is 5.78 Å². The van der Waals surface area contributed by atoms with E-state index >= 15 is 0 Å². The molecule has 0 aromatic heterocycles. The summed E-state index contributed by atoms with van der Waals surface area (Å²) in [4.78, 5) is 11.8. The van der Waals surface area contributed by atoms with Crippen LogP contribution >= 0.6 is 0 Å². The molecule has 0 bridgehead atoms. The highest BCUT2D eigenvalue weighted by Crippen LogP contribution is 2.20. The predicted octanol–water partition coefficient (Wildman–Crippen LogP) is 4.12. The van der Waals surface area contributed by atoms with Gasteiger partial charge in [0, 0.05) is 5.57 Å². The van der Waals surface area contributed by atoms with Crippen molar-refractivity contribution in [2.24, 2.45) is 0 Å². The number of hydrogen-bond acceptors (Lipinski definition) is 1. The van der Waals surface area contributed by atoms with Crippen LogP contribution in [-0.4, -0.2) is 5.78 Å². The molecular weight excluding hydrogens is 220 g/mol. The Hall–Kier alpha value is -2.15. The molecule has 2 rings (SSSR count). The van der Waals surface area contributed by atoms with Gasteiger partial charge in [-0.3, -0.25) is 4.79 Å². The van der Waals surface area contributed by atoms with Crippen molar-refractivity contribution in [1.82, 2.24) is 0 Å². The van der Waals surface area contributed by atoms with Crippen molar-refractivity contribution in [2.45, 2.75) is 13.8 Å². The fourth-order valence-corrected chi connectivity index (χ4v) is 1.92. The van der Waals surface area contributed by atoms with Gasteiger partial charge in [-0.1, -0.05) is 60.2 Å². The smallest absolute Gasteiger partial charge is 0.160 e. The van der Waals surface area contributed by atoms with Crippen molar-refractivity contribution in [1.29, 1.82) is 0 Å². The second-order valence-corrected chi connectivity index (χ2v) is 4.39. The average molecular weight is 236 g/mol. The van der Waals surface area contributed by atoms with Gasteiger partial charge in [-0.25, -0.2) is 0 Å². The lowest BCUT2D eigenvalue weighted by atomic mass is 9.98. The molecule has 0 spiro atoms. The molecule has 2 aromatic rings. The van der Waals surface area contributed by atoms with Crippen LogP contribution in [0.3, 0.4) is 0 Å². The molecule has 90 valence electrons. The summed E-state index contributed by atoms with van der Waals surface area (Å²) < 4.78 is 0. The minimum absolute atomic E-state index is 0.0875. The van der Waals surface area contributed by atoms with E-state index < -0.39 is 0 Å². The summed E-state index contributed by atoms with van der Waals surface area (Å²) in [7, 11) is 0. The van der Waals surface area contributed by atoms with Crippen molar-refractivity contribution >= 4 is 17.4 Å². The van der Waals surface area contributed by atoms with Crippen LogP contribution in [0.2, 0.25) is 0 Å². The van der Waals surface area contributed by atoms with Gasteiger partial charge in [0.05, 0.1) is 0 Å². The van der Waals surface area contributed by atoms with E-state index in [9.17, 15) is 4.79 Å². The number of hydrogen-bond donors (Lipinski definition) is 0. The first-order valence-corrected chi connectivity index (χ1v) is 6.01. The summed E-state index contributed by atoms with van der Waals surface area (Å²) >= 11 is 0. The van der Waals surface area contributed by atoms with Crippen LogP contribution in [0.1, 0.15) is 23.6 Å². The quantitative estimate of drug-likeness (QED) is 0.578. The molecule has 1 nitrogen and oxygen atoms in total. The second kappa shape index (κ2) is 5.46. The van der Waals surface area contributed by atoms with Crippen molar-refractivity contribution in [3.63, 3.8) is 0 Å². The van der Waals surface area contributed by atoms with E-state index in [0.717, 1.165) is 22.3 Å². The molecule has 0 aliphatic heterocycles. The zero-order valence-electron chi connectivity index (χ0n) is 10.7. The molecule has 18 heavy (non-hydrogen) atoms. The van der Waals surface area contributed by atoms with Gasteiger partial charge < -0.3 is 0 Å². The third kappa shape index (κ3) is 2.95. The van der Waals surface area contributed by atoms with Gasteiger partial charge >= 0.3 is 0 Å². The lowest BCUT2D eigenvalue weighted by molar-refractivity contribution is -0.111. The fourth-order valence-electron chi connectivity index (χ4n) is 1.92. The van der Waals surface area contributed by atoms with Gasteiger partial charge in [-0.05, 0) is 31.1 Å². The number of Topliss-reactive ketones (excluding diaryl/α,β-unsaturated/α-hetero) is 1. The second-order valence-electron chi connectivity index (χ2n) is 4.39. The molecule has 0 aliphatic rings. The highest BCUT2D eigenvalue weighted by Gasteiger charge is 2.07. The molecule has 2 aromatic carbocycles. The Labute approximate surface area is 108 Å². The van der Waals surface area contributed by atoms with Crippen LogP contribution in [-0.2, 0) is 4.79 Å². The summed E-state index contributed by atoms with van der Waals surface area (Å²) in [6.45, 7) is 3.64. The highest BCUT2D eigenvalue weighted by atomic mass is 16.1. The molecule has 1 heteroatoms. The van der Waals surface area contributed by atoms with Crippen LogP contribution in [0.25, 0.3) is 11.6 Å². The van der Waals surface area contributed by atoms with Gasteiger partial charge in [0.1, 0.15) is 0 Å². The van der Waals surface area contributed by atoms with Crippen molar-refractivity contribution in [3.05, 3.63) is 71.3 Å². The number of aryl methyl sites for hydroxylation is 1. The summed E-state index contributed by atoms with van der Waals surface area (Å²) in [5.74, 6) is 0.0875. The monoisotopic (exact) mass is 236 g/mol. The summed E-state index contributed by atoms with van der Waals surface area (Å²) in [5.41, 5.74) is 3.94. The molecule has 0 amide bonds. The Morgan fingerprint density at radius 3 is 2.33 bits per heavy atom. The number of ketones is 1. The summed E-state index contributed by atoms with van der Waals surface area (Å²) in [5, 5.41) is 0. The Bertz CT molecular complexity index is 580. The van der Waals surface area contributed by atoms with Crippen LogP contribution in [0.4, 0.5) is 0 Å². The van der Waals surface area contributed by atoms with E-state index in [1.54, 1.807) is 6.92 Å². The normalized spacial score (nSPS) is 11.3. The molecule has 0 saturated carbocycles. The Balaban J connectivity index is 2.47. The third-order valence-corrected chi connectivity index (χ3v) is 2.82. The fraction of sp³-hybridized carbons (Fsp3) is 0.118. The predicted molar refractivity (Wildman–Crippen MR) is 76.2 cm³/mol. The van der Waals surface area contributed by atoms with Crippen LogP contribution in [0, 0.1) is 6.92 Å². The molecule has 0 saturated heterocycles. The topological polar surface area (TPSA) is 17.1 Å². The maximum absolute atomic E-state index is 11.8. The first-order valence-electron chi connectivity index (χ1n) is 6.01. The Morgan fingerprint density at radius 1 is 1.00 bits per heavy atom. The van der Waals surface area contributed by atoms with Crippen LogP contribution in [0.15, 0.2) is 54.6 Å². The number of carbonyl (C=O) groups excluding carboxylic acids is 1. The summed E-state index contributed by atoms with van der Waals surface area (Å²) in [6, 6.07) is 17.9. The lowest BCUT2D eigenvalue weighted by Crippen LogP contribution is -1.96. The third-order valence-electron chi connectivity index (χ3n) is 2.82. The SMILES string of the molecule is CC(=O)/C(=C/c1ccccc1)c1cccc(C)c1. The largest absolute Gasteiger partial charge is 0.294 e. The molecule has 0 heterocycles. The van der Waals surface area contributed by atoms with Crippen molar-refractivity contribution in [2.75, 3.05) is 0 Å². The van der Waals surface area contributed by atoms with Crippen molar-refractivity contribution in [3.8, 4) is 0 Å². The zero-order valence-corrected chi connectivity index (χ0v) is 10.7. The zero-order chi connectivity index (χ0) is 13.0. The minimum atomic E-state index is 0.0875. The average Bonchev–Trinajstić information content (AvgIpc) is 2.37. The highest BCUT2D eigenvalue weighted by molar-refractivity contribution is 6.24. The maximum atomic E-state index is 11.8. The van der Waals surface area contributed by atoms with E-state index in [-0.39, 0.29) is 5.78 Å². The van der Waals surface area contributed by atoms with Crippen molar-refractivity contribution < 1.29 is 4.79 Å². The lowest BCUT2D eigenvalue weighted by Gasteiger charge is -2.05. The first kappa shape index (κ1) is 12.3. The number of rotatable bonds is 3. The van der Waals surface area contributed by atoms with Crippen LogP contribution < -0.4 is 0 Å². The van der Waals surface area contributed by atoms with Gasteiger partial charge in [0.25, 0.3) is 0 Å². The van der Waals surface area contributed by atoms with Gasteiger partial charge in [0.2, 0.25) is 0 Å². The summed E-state index contributed by atoms with van der Waals surface area (Å²) in [6.07, 6.45) is 1.94. The molecule has 0 radical (unpaired) electrons. The van der Waals surface area contributed by atoms with E-state index in [0.29, 0.717) is 0 Å². The molecular formula is C17H16O. The van der Waals surface area contributed by atoms with Crippen LogP contribution in [0.5, 0.6) is 0 Å². The van der Waals surface area contributed by atoms with E-state index in [1.165, 1.54) is 0 Å².